The van der Waals surface area contributed by atoms with Gasteiger partial charge >= 0.3 is 0 Å². The number of thioether (sulfide) groups is 1. The lowest BCUT2D eigenvalue weighted by Crippen LogP contribution is -2.14. The zero-order valence-electron chi connectivity index (χ0n) is 11.7. The van der Waals surface area contributed by atoms with Crippen LogP contribution in [-0.2, 0) is 6.54 Å². The Kier molecular flexibility index (Phi) is 6.40. The predicted molar refractivity (Wildman–Crippen MR) is 84.2 cm³/mol. The Morgan fingerprint density at radius 3 is 2.43 bits per heavy atom. The molecule has 3 nitrogen and oxygen atoms in total. The summed E-state index contributed by atoms with van der Waals surface area (Å²) in [6, 6.07) is 2.73. The molecule has 114 valence electrons. The second-order valence-corrected chi connectivity index (χ2v) is 7.49. The van der Waals surface area contributed by atoms with E-state index in [1.807, 2.05) is 13.2 Å². The number of nitrogens with one attached hydrogen (secondary N) is 1. The van der Waals surface area contributed by atoms with Gasteiger partial charge in [-0.1, -0.05) is 41.8 Å². The van der Waals surface area contributed by atoms with Crippen molar-refractivity contribution in [2.45, 2.75) is 33.5 Å². The summed E-state index contributed by atoms with van der Waals surface area (Å²) in [5.74, 6) is -1.12. The molecule has 0 bridgehead atoms. The van der Waals surface area contributed by atoms with Crippen molar-refractivity contribution in [1.29, 1.82) is 0 Å². The SMILES string of the molecule is CCCNCc1cc(F)c(Sc2nnc(SC)s2)c(F)c1. The molecule has 0 amide bonds. The molecule has 1 aromatic carbocycles. The van der Waals surface area contributed by atoms with Crippen LogP contribution < -0.4 is 5.32 Å². The number of rotatable bonds is 7. The van der Waals surface area contributed by atoms with Gasteiger partial charge in [-0.15, -0.1) is 10.2 Å². The van der Waals surface area contributed by atoms with Crippen LogP contribution in [0, 0.1) is 11.6 Å². The second kappa shape index (κ2) is 8.07. The molecule has 2 aromatic rings. The van der Waals surface area contributed by atoms with Crippen molar-refractivity contribution in [3.05, 3.63) is 29.3 Å². The molecule has 1 N–H and O–H groups in total. The molecule has 1 aromatic heterocycles. The number of nitrogens with zero attached hydrogens (tertiary/aromatic N) is 2. The van der Waals surface area contributed by atoms with Crippen molar-refractivity contribution < 1.29 is 8.78 Å². The standard InChI is InChI=1S/C13H15F2N3S3/c1-3-4-16-7-8-5-9(14)11(10(15)6-8)20-13-18-17-12(19-2)21-13/h5-6,16H,3-4,7H2,1-2H3. The molecule has 0 unspecified atom stereocenters. The minimum Gasteiger partial charge on any atom is -0.313 e. The summed E-state index contributed by atoms with van der Waals surface area (Å²) >= 11 is 3.76. The minimum absolute atomic E-state index is 0.0296. The van der Waals surface area contributed by atoms with E-state index >= 15 is 0 Å². The first-order valence-corrected chi connectivity index (χ1v) is 9.23. The van der Waals surface area contributed by atoms with Crippen molar-refractivity contribution in [2.75, 3.05) is 12.8 Å². The van der Waals surface area contributed by atoms with Crippen molar-refractivity contribution in [2.24, 2.45) is 0 Å². The third-order valence-corrected chi connectivity index (χ3v) is 5.61. The average Bonchev–Trinajstić information content (AvgIpc) is 2.91. The third kappa shape index (κ3) is 4.64. The molecule has 0 aliphatic carbocycles. The predicted octanol–water partition coefficient (Wildman–Crippen LogP) is 4.19. The van der Waals surface area contributed by atoms with Gasteiger partial charge < -0.3 is 5.32 Å². The monoisotopic (exact) mass is 347 g/mol. The summed E-state index contributed by atoms with van der Waals surface area (Å²) in [5.41, 5.74) is 0.602. The van der Waals surface area contributed by atoms with Crippen LogP contribution >= 0.6 is 34.9 Å². The van der Waals surface area contributed by atoms with E-state index in [0.29, 0.717) is 16.4 Å². The van der Waals surface area contributed by atoms with Crippen LogP contribution in [0.1, 0.15) is 18.9 Å². The van der Waals surface area contributed by atoms with E-state index < -0.39 is 11.6 Å². The fraction of sp³-hybridized carbons (Fsp3) is 0.385. The number of benzene rings is 1. The van der Waals surface area contributed by atoms with Gasteiger partial charge in [-0.3, -0.25) is 0 Å². The zero-order chi connectivity index (χ0) is 15.2. The van der Waals surface area contributed by atoms with Crippen molar-refractivity contribution in [3.63, 3.8) is 0 Å². The topological polar surface area (TPSA) is 37.8 Å². The Bertz CT molecular complexity index is 581. The highest BCUT2D eigenvalue weighted by molar-refractivity contribution is 8.03. The molecule has 0 spiro atoms. The van der Waals surface area contributed by atoms with E-state index in [2.05, 4.69) is 15.5 Å². The van der Waals surface area contributed by atoms with E-state index in [0.717, 1.165) is 29.1 Å². The van der Waals surface area contributed by atoms with Gasteiger partial charge in [-0.05, 0) is 36.9 Å². The Morgan fingerprint density at radius 2 is 1.86 bits per heavy atom. The van der Waals surface area contributed by atoms with Gasteiger partial charge in [0.1, 0.15) is 11.6 Å². The molecule has 1 heterocycles. The number of hydrogen-bond acceptors (Lipinski definition) is 6. The Morgan fingerprint density at radius 1 is 1.19 bits per heavy atom. The van der Waals surface area contributed by atoms with Crippen LogP contribution in [0.2, 0.25) is 0 Å². The Balaban J connectivity index is 2.12. The molecule has 0 aliphatic rings. The molecule has 0 radical (unpaired) electrons. The molecule has 0 saturated heterocycles. The summed E-state index contributed by atoms with van der Waals surface area (Å²) in [4.78, 5) is -0.0296. The number of hydrogen-bond donors (Lipinski definition) is 1. The summed E-state index contributed by atoms with van der Waals surface area (Å²) in [7, 11) is 0. The molecular formula is C13H15F2N3S3. The first-order valence-electron chi connectivity index (χ1n) is 6.38. The van der Waals surface area contributed by atoms with Crippen LogP contribution in [-0.4, -0.2) is 23.0 Å². The highest BCUT2D eigenvalue weighted by Gasteiger charge is 2.15. The van der Waals surface area contributed by atoms with Gasteiger partial charge in [0.2, 0.25) is 0 Å². The molecule has 21 heavy (non-hydrogen) atoms. The summed E-state index contributed by atoms with van der Waals surface area (Å²) in [6.45, 7) is 3.32. The second-order valence-electron chi connectivity index (χ2n) is 4.21. The quantitative estimate of drug-likeness (QED) is 0.600. The van der Waals surface area contributed by atoms with Crippen LogP contribution in [0.3, 0.4) is 0 Å². The van der Waals surface area contributed by atoms with Gasteiger partial charge in [-0.25, -0.2) is 8.78 Å². The fourth-order valence-corrected chi connectivity index (χ4v) is 4.02. The van der Waals surface area contributed by atoms with Crippen LogP contribution in [0.5, 0.6) is 0 Å². The van der Waals surface area contributed by atoms with E-state index in [1.54, 1.807) is 0 Å². The molecule has 0 atom stereocenters. The first kappa shape index (κ1) is 16.7. The summed E-state index contributed by atoms with van der Waals surface area (Å²) in [6.07, 6.45) is 2.86. The first-order chi connectivity index (χ1) is 10.1. The lowest BCUT2D eigenvalue weighted by molar-refractivity contribution is 0.534. The molecule has 0 fully saturated rings. The lowest BCUT2D eigenvalue weighted by Gasteiger charge is -2.07. The van der Waals surface area contributed by atoms with Crippen LogP contribution in [0.25, 0.3) is 0 Å². The maximum Gasteiger partial charge on any atom is 0.180 e. The highest BCUT2D eigenvalue weighted by Crippen LogP contribution is 2.36. The maximum absolute atomic E-state index is 14.1. The molecule has 2 rings (SSSR count). The Hall–Kier alpha value is -0.700. The molecule has 0 saturated carbocycles. The van der Waals surface area contributed by atoms with Gasteiger partial charge in [0.05, 0.1) is 4.90 Å². The van der Waals surface area contributed by atoms with E-state index in [4.69, 9.17) is 0 Å². The van der Waals surface area contributed by atoms with Gasteiger partial charge in [0.15, 0.2) is 8.68 Å². The van der Waals surface area contributed by atoms with Crippen LogP contribution in [0.4, 0.5) is 8.78 Å². The normalized spacial score (nSPS) is 11.0. The lowest BCUT2D eigenvalue weighted by atomic mass is 10.2. The van der Waals surface area contributed by atoms with Crippen molar-refractivity contribution in [1.82, 2.24) is 15.5 Å². The van der Waals surface area contributed by atoms with Gasteiger partial charge in [0, 0.05) is 6.54 Å². The van der Waals surface area contributed by atoms with E-state index in [-0.39, 0.29) is 4.90 Å². The minimum atomic E-state index is -0.561. The van der Waals surface area contributed by atoms with E-state index in [1.165, 1.54) is 35.2 Å². The van der Waals surface area contributed by atoms with Gasteiger partial charge in [0.25, 0.3) is 0 Å². The van der Waals surface area contributed by atoms with Crippen molar-refractivity contribution >= 4 is 34.9 Å². The van der Waals surface area contributed by atoms with Gasteiger partial charge in [-0.2, -0.15) is 0 Å². The van der Waals surface area contributed by atoms with Crippen molar-refractivity contribution in [3.8, 4) is 0 Å². The smallest absolute Gasteiger partial charge is 0.180 e. The zero-order valence-corrected chi connectivity index (χ0v) is 14.1. The molecule has 8 heteroatoms. The largest absolute Gasteiger partial charge is 0.313 e. The highest BCUT2D eigenvalue weighted by atomic mass is 32.2. The number of aromatic nitrogens is 2. The third-order valence-electron chi connectivity index (χ3n) is 2.57. The fourth-order valence-electron chi connectivity index (χ4n) is 1.63. The number of halogens is 2. The maximum atomic E-state index is 14.1. The Labute approximate surface area is 134 Å². The summed E-state index contributed by atoms with van der Waals surface area (Å²) in [5, 5.41) is 10.9. The molecule has 0 aliphatic heterocycles. The van der Waals surface area contributed by atoms with Crippen LogP contribution in [0.15, 0.2) is 25.7 Å². The molecular weight excluding hydrogens is 332 g/mol. The van der Waals surface area contributed by atoms with E-state index in [9.17, 15) is 8.78 Å². The average molecular weight is 347 g/mol. The summed E-state index contributed by atoms with van der Waals surface area (Å²) < 4.78 is 29.4.